The van der Waals surface area contributed by atoms with Crippen molar-refractivity contribution in [3.8, 4) is 5.75 Å². The molecule has 2 aromatic rings. The fourth-order valence-corrected chi connectivity index (χ4v) is 3.93. The molecule has 0 bridgehead atoms. The minimum absolute atomic E-state index is 0. The van der Waals surface area contributed by atoms with Crippen molar-refractivity contribution in [3.05, 3.63) is 42.0 Å². The number of hydrogen-bond acceptors (Lipinski definition) is 4. The molecule has 0 amide bonds. The second-order valence-corrected chi connectivity index (χ2v) is 7.47. The van der Waals surface area contributed by atoms with Crippen molar-refractivity contribution in [3.63, 3.8) is 0 Å². The van der Waals surface area contributed by atoms with E-state index >= 15 is 0 Å². The Morgan fingerprint density at radius 1 is 1.15 bits per heavy atom. The Labute approximate surface area is 162 Å². The van der Waals surface area contributed by atoms with Crippen molar-refractivity contribution in [2.24, 2.45) is 5.41 Å². The van der Waals surface area contributed by atoms with Crippen LogP contribution in [0.15, 0.2) is 36.4 Å². The van der Waals surface area contributed by atoms with Gasteiger partial charge in [0, 0.05) is 49.8 Å². The molecule has 1 atom stereocenters. The molecule has 1 aliphatic rings. The first-order valence-corrected chi connectivity index (χ1v) is 9.28. The van der Waals surface area contributed by atoms with Gasteiger partial charge in [-0.1, -0.05) is 44.2 Å². The highest BCUT2D eigenvalue weighted by Gasteiger charge is 2.38. The minimum Gasteiger partial charge on any atom is -0.494 e. The van der Waals surface area contributed by atoms with Crippen LogP contribution in [0.5, 0.6) is 5.75 Å². The van der Waals surface area contributed by atoms with Crippen molar-refractivity contribution in [2.45, 2.75) is 26.8 Å². The van der Waals surface area contributed by atoms with Crippen LogP contribution in [-0.4, -0.2) is 49.4 Å². The van der Waals surface area contributed by atoms with E-state index in [9.17, 15) is 5.11 Å². The van der Waals surface area contributed by atoms with Crippen LogP contribution >= 0.6 is 12.4 Å². The molecule has 2 N–H and O–H groups in total. The Morgan fingerprint density at radius 3 is 2.50 bits per heavy atom. The number of aliphatic hydroxyl groups excluding tert-OH is 1. The summed E-state index contributed by atoms with van der Waals surface area (Å²) < 4.78 is 6.03. The van der Waals surface area contributed by atoms with Gasteiger partial charge in [0.25, 0.3) is 0 Å². The number of nitrogens with zero attached hydrogens (tertiary/aromatic N) is 1. The SMILES string of the molecule is CCOc1ccc2ccccc2c1[C@H](N1CCNCC1)C(C)(C)CO.Cl. The van der Waals surface area contributed by atoms with Crippen LogP contribution in [0.25, 0.3) is 10.8 Å². The van der Waals surface area contributed by atoms with Gasteiger partial charge in [-0.25, -0.2) is 0 Å². The third-order valence-electron chi connectivity index (χ3n) is 5.17. The van der Waals surface area contributed by atoms with Gasteiger partial charge in [-0.2, -0.15) is 0 Å². The van der Waals surface area contributed by atoms with Gasteiger partial charge in [0.05, 0.1) is 6.61 Å². The molecule has 0 spiro atoms. The van der Waals surface area contributed by atoms with Crippen LogP contribution in [0, 0.1) is 5.41 Å². The maximum absolute atomic E-state index is 10.2. The lowest BCUT2D eigenvalue weighted by Gasteiger charge is -2.44. The Kier molecular flexibility index (Phi) is 7.30. The lowest BCUT2D eigenvalue weighted by atomic mass is 9.78. The molecule has 144 valence electrons. The molecule has 1 saturated heterocycles. The fraction of sp³-hybridized carbons (Fsp3) is 0.524. The van der Waals surface area contributed by atoms with Gasteiger partial charge in [0.15, 0.2) is 0 Å². The number of piperazine rings is 1. The van der Waals surface area contributed by atoms with Crippen LogP contribution in [0.3, 0.4) is 0 Å². The molecule has 0 radical (unpaired) electrons. The van der Waals surface area contributed by atoms with Gasteiger partial charge in [0.1, 0.15) is 5.75 Å². The molecule has 2 aromatic carbocycles. The van der Waals surface area contributed by atoms with Crippen LogP contribution in [0.4, 0.5) is 0 Å². The summed E-state index contributed by atoms with van der Waals surface area (Å²) in [6, 6.07) is 12.8. The predicted molar refractivity (Wildman–Crippen MR) is 110 cm³/mol. The second-order valence-electron chi connectivity index (χ2n) is 7.47. The normalized spacial score (nSPS) is 16.9. The Morgan fingerprint density at radius 2 is 1.85 bits per heavy atom. The standard InChI is InChI=1S/C21H30N2O2.ClH/c1-4-25-18-10-9-16-7-5-6-8-17(16)19(18)20(21(2,3)15-24)23-13-11-22-12-14-23;/h5-10,20,22,24H,4,11-15H2,1-3H3;1H/t20-;/m0./s1. The van der Waals surface area contributed by atoms with Gasteiger partial charge < -0.3 is 15.2 Å². The highest BCUT2D eigenvalue weighted by molar-refractivity contribution is 5.88. The van der Waals surface area contributed by atoms with E-state index in [4.69, 9.17) is 4.74 Å². The molecule has 4 nitrogen and oxygen atoms in total. The average Bonchev–Trinajstić information content (AvgIpc) is 2.64. The number of halogens is 1. The number of aliphatic hydroxyl groups is 1. The van der Waals surface area contributed by atoms with E-state index in [1.54, 1.807) is 0 Å². The van der Waals surface area contributed by atoms with Crippen molar-refractivity contribution in [2.75, 3.05) is 39.4 Å². The Hall–Kier alpha value is -1.33. The zero-order chi connectivity index (χ0) is 17.9. The van der Waals surface area contributed by atoms with Crippen LogP contribution in [0.2, 0.25) is 0 Å². The summed E-state index contributed by atoms with van der Waals surface area (Å²) in [6.07, 6.45) is 0. The number of benzene rings is 2. The van der Waals surface area contributed by atoms with Crippen molar-refractivity contribution in [1.82, 2.24) is 10.2 Å². The van der Waals surface area contributed by atoms with Crippen molar-refractivity contribution < 1.29 is 9.84 Å². The van der Waals surface area contributed by atoms with Gasteiger partial charge in [-0.3, -0.25) is 4.90 Å². The smallest absolute Gasteiger partial charge is 0.124 e. The molecule has 0 unspecified atom stereocenters. The molecule has 1 aliphatic heterocycles. The third-order valence-corrected chi connectivity index (χ3v) is 5.17. The van der Waals surface area contributed by atoms with Gasteiger partial charge >= 0.3 is 0 Å². The molecule has 3 rings (SSSR count). The summed E-state index contributed by atoms with van der Waals surface area (Å²) in [5.74, 6) is 0.936. The summed E-state index contributed by atoms with van der Waals surface area (Å²) in [7, 11) is 0. The zero-order valence-electron chi connectivity index (χ0n) is 16.0. The highest BCUT2D eigenvalue weighted by atomic mass is 35.5. The Bertz CT molecular complexity index is 714. The fourth-order valence-electron chi connectivity index (χ4n) is 3.93. The predicted octanol–water partition coefficient (Wildman–Crippen LogP) is 3.63. The number of ether oxygens (including phenoxy) is 1. The van der Waals surface area contributed by atoms with E-state index in [0.29, 0.717) is 6.61 Å². The molecule has 0 aliphatic carbocycles. The largest absolute Gasteiger partial charge is 0.494 e. The van der Waals surface area contributed by atoms with Crippen molar-refractivity contribution >= 4 is 23.2 Å². The molecule has 26 heavy (non-hydrogen) atoms. The quantitative estimate of drug-likeness (QED) is 0.805. The third kappa shape index (κ3) is 4.15. The Balaban J connectivity index is 0.00000243. The summed E-state index contributed by atoms with van der Waals surface area (Å²) >= 11 is 0. The summed E-state index contributed by atoms with van der Waals surface area (Å²) in [5.41, 5.74) is 0.939. The molecular formula is C21H31ClN2O2. The van der Waals surface area contributed by atoms with Crippen molar-refractivity contribution in [1.29, 1.82) is 0 Å². The molecule has 0 saturated carbocycles. The molecule has 5 heteroatoms. The highest BCUT2D eigenvalue weighted by Crippen LogP contribution is 2.45. The monoisotopic (exact) mass is 378 g/mol. The van der Waals surface area contributed by atoms with E-state index in [1.807, 2.05) is 6.92 Å². The molecule has 0 aromatic heterocycles. The minimum atomic E-state index is -0.271. The van der Waals surface area contributed by atoms with Crippen LogP contribution in [0.1, 0.15) is 32.4 Å². The van der Waals surface area contributed by atoms with Gasteiger partial charge in [-0.05, 0) is 23.8 Å². The second kappa shape index (κ2) is 9.05. The maximum Gasteiger partial charge on any atom is 0.124 e. The maximum atomic E-state index is 10.2. The number of nitrogens with one attached hydrogen (secondary N) is 1. The summed E-state index contributed by atoms with van der Waals surface area (Å²) in [6.45, 7) is 11.0. The lowest BCUT2D eigenvalue weighted by molar-refractivity contribution is 0.0298. The van der Waals surface area contributed by atoms with E-state index in [1.165, 1.54) is 16.3 Å². The van der Waals surface area contributed by atoms with Gasteiger partial charge in [0.2, 0.25) is 0 Å². The van der Waals surface area contributed by atoms with E-state index < -0.39 is 0 Å². The summed E-state index contributed by atoms with van der Waals surface area (Å²) in [5, 5.41) is 16.0. The van der Waals surface area contributed by atoms with E-state index in [2.05, 4.69) is 60.5 Å². The average molecular weight is 379 g/mol. The first-order chi connectivity index (χ1) is 12.1. The first-order valence-electron chi connectivity index (χ1n) is 9.28. The van der Waals surface area contributed by atoms with Gasteiger partial charge in [-0.15, -0.1) is 12.4 Å². The number of rotatable bonds is 6. The van der Waals surface area contributed by atoms with Crippen LogP contribution < -0.4 is 10.1 Å². The number of hydrogen-bond donors (Lipinski definition) is 2. The number of fused-ring (bicyclic) bond motifs is 1. The molecule has 1 fully saturated rings. The summed E-state index contributed by atoms with van der Waals surface area (Å²) in [4.78, 5) is 2.50. The van der Waals surface area contributed by atoms with E-state index in [-0.39, 0.29) is 30.5 Å². The lowest BCUT2D eigenvalue weighted by Crippen LogP contribution is -2.49. The molecular weight excluding hydrogens is 348 g/mol. The topological polar surface area (TPSA) is 44.7 Å². The van der Waals surface area contributed by atoms with E-state index in [0.717, 1.165) is 31.9 Å². The zero-order valence-corrected chi connectivity index (χ0v) is 16.8. The van der Waals surface area contributed by atoms with Crippen LogP contribution in [-0.2, 0) is 0 Å². The molecule has 1 heterocycles. The first kappa shape index (κ1) is 21.0.